The van der Waals surface area contributed by atoms with Crippen molar-refractivity contribution in [3.63, 3.8) is 0 Å². The first-order valence-corrected chi connectivity index (χ1v) is 5.67. The van der Waals surface area contributed by atoms with Gasteiger partial charge < -0.3 is 0 Å². The minimum Gasteiger partial charge on any atom is -0.228 e. The van der Waals surface area contributed by atoms with E-state index in [1.807, 2.05) is 0 Å². The minimum absolute atomic E-state index is 0.632. The van der Waals surface area contributed by atoms with Crippen LogP contribution in [0.5, 0.6) is 0 Å². The summed E-state index contributed by atoms with van der Waals surface area (Å²) in [6.07, 6.45) is 3.05. The third kappa shape index (κ3) is 2.18. The third-order valence-electron chi connectivity index (χ3n) is 1.38. The van der Waals surface area contributed by atoms with E-state index in [0.29, 0.717) is 0 Å². The van der Waals surface area contributed by atoms with Crippen LogP contribution in [0.4, 0.5) is 0 Å². The van der Waals surface area contributed by atoms with Crippen LogP contribution in [0.2, 0.25) is 0 Å². The van der Waals surface area contributed by atoms with Crippen LogP contribution < -0.4 is 0 Å². The molecule has 9 heavy (non-hydrogen) atoms. The van der Waals surface area contributed by atoms with Gasteiger partial charge in [0.05, 0.1) is 0 Å². The van der Waals surface area contributed by atoms with E-state index >= 15 is 0 Å². The van der Waals surface area contributed by atoms with Gasteiger partial charge in [-0.25, -0.2) is 8.42 Å². The highest BCUT2D eigenvalue weighted by Crippen LogP contribution is 2.26. The maximum Gasteiger partial charge on any atom is 0.161 e. The first kappa shape index (κ1) is 9.30. The van der Waals surface area contributed by atoms with Crippen molar-refractivity contribution >= 4 is 21.6 Å². The van der Waals surface area contributed by atoms with Gasteiger partial charge in [0.1, 0.15) is 4.08 Å². The fourth-order valence-electron chi connectivity index (χ4n) is 0.151. The van der Waals surface area contributed by atoms with Crippen molar-refractivity contribution in [3.8, 4) is 0 Å². The van der Waals surface area contributed by atoms with E-state index in [1.165, 1.54) is 18.0 Å². The van der Waals surface area contributed by atoms with Crippen LogP contribution in [-0.2, 0) is 9.84 Å². The van der Waals surface area contributed by atoms with E-state index in [1.54, 1.807) is 20.1 Å². The molecule has 0 radical (unpaired) electrons. The number of rotatable bonds is 2. The summed E-state index contributed by atoms with van der Waals surface area (Å²) in [5, 5.41) is 0. The SMILES string of the molecule is CSC(C)(C)S(C)(=O)=O. The fraction of sp³-hybridized carbons (Fsp3) is 1.00. The summed E-state index contributed by atoms with van der Waals surface area (Å²) >= 11 is 1.35. The Bertz CT molecular complexity index is 179. The molecule has 0 aliphatic rings. The molecule has 0 rings (SSSR count). The van der Waals surface area contributed by atoms with Crippen molar-refractivity contribution in [2.45, 2.75) is 17.9 Å². The summed E-state index contributed by atoms with van der Waals surface area (Å²) in [6, 6.07) is 0. The standard InChI is InChI=1S/C5H12O2S2/c1-5(2,8-3)9(4,6)7/h1-4H3. The lowest BCUT2D eigenvalue weighted by atomic mass is 10.5. The highest BCUT2D eigenvalue weighted by Gasteiger charge is 2.28. The quantitative estimate of drug-likeness (QED) is 0.620. The average Bonchev–Trinajstić information content (AvgIpc) is 1.64. The van der Waals surface area contributed by atoms with Crippen LogP contribution >= 0.6 is 11.8 Å². The first-order chi connectivity index (χ1) is 3.81. The van der Waals surface area contributed by atoms with E-state index in [2.05, 4.69) is 0 Å². The molecule has 0 aromatic carbocycles. The Morgan fingerprint density at radius 1 is 1.33 bits per heavy atom. The monoisotopic (exact) mass is 168 g/mol. The van der Waals surface area contributed by atoms with Crippen LogP contribution in [-0.4, -0.2) is 25.0 Å². The molecule has 2 nitrogen and oxygen atoms in total. The van der Waals surface area contributed by atoms with Crippen molar-refractivity contribution < 1.29 is 8.42 Å². The van der Waals surface area contributed by atoms with Crippen molar-refractivity contribution in [2.75, 3.05) is 12.5 Å². The molecule has 0 saturated carbocycles. The lowest BCUT2D eigenvalue weighted by Gasteiger charge is -2.18. The highest BCUT2D eigenvalue weighted by atomic mass is 32.3. The molecule has 0 aromatic heterocycles. The van der Waals surface area contributed by atoms with E-state index in [-0.39, 0.29) is 0 Å². The third-order valence-corrected chi connectivity index (χ3v) is 5.56. The molecule has 0 N–H and O–H groups in total. The number of thioether (sulfide) groups is 1. The van der Waals surface area contributed by atoms with E-state index in [0.717, 1.165) is 0 Å². The molecule has 0 amide bonds. The van der Waals surface area contributed by atoms with Crippen molar-refractivity contribution in [2.24, 2.45) is 0 Å². The molecule has 0 spiro atoms. The molecule has 0 bridgehead atoms. The normalized spacial score (nSPS) is 13.8. The molecule has 0 atom stereocenters. The second-order valence-corrected chi connectivity index (χ2v) is 6.63. The van der Waals surface area contributed by atoms with Gasteiger partial charge in [0.15, 0.2) is 9.84 Å². The summed E-state index contributed by atoms with van der Waals surface area (Å²) < 4.78 is 21.1. The summed E-state index contributed by atoms with van der Waals surface area (Å²) in [6.45, 7) is 3.40. The van der Waals surface area contributed by atoms with Gasteiger partial charge >= 0.3 is 0 Å². The fourth-order valence-corrected chi connectivity index (χ4v) is 1.36. The van der Waals surface area contributed by atoms with Gasteiger partial charge in [-0.15, -0.1) is 11.8 Å². The van der Waals surface area contributed by atoms with Crippen LogP contribution in [0.3, 0.4) is 0 Å². The van der Waals surface area contributed by atoms with Gasteiger partial charge in [-0.05, 0) is 20.1 Å². The maximum absolute atomic E-state index is 10.9. The van der Waals surface area contributed by atoms with Gasteiger partial charge in [-0.2, -0.15) is 0 Å². The van der Waals surface area contributed by atoms with Crippen molar-refractivity contribution in [1.29, 1.82) is 0 Å². The van der Waals surface area contributed by atoms with E-state index in [4.69, 9.17) is 0 Å². The molecule has 0 aliphatic carbocycles. The highest BCUT2D eigenvalue weighted by molar-refractivity contribution is 8.14. The Balaban J connectivity index is 4.56. The molecule has 0 saturated heterocycles. The topological polar surface area (TPSA) is 34.1 Å². The van der Waals surface area contributed by atoms with E-state index in [9.17, 15) is 8.42 Å². The zero-order chi connectivity index (χ0) is 7.71. The predicted octanol–water partition coefficient (Wildman–Crippen LogP) is 1.13. The lowest BCUT2D eigenvalue weighted by molar-refractivity contribution is 0.588. The van der Waals surface area contributed by atoms with Crippen molar-refractivity contribution in [1.82, 2.24) is 0 Å². The maximum atomic E-state index is 10.9. The first-order valence-electron chi connectivity index (χ1n) is 2.56. The minimum atomic E-state index is -2.89. The van der Waals surface area contributed by atoms with Crippen molar-refractivity contribution in [3.05, 3.63) is 0 Å². The summed E-state index contributed by atoms with van der Waals surface area (Å²) in [4.78, 5) is 0. The Hall–Kier alpha value is 0.300. The van der Waals surface area contributed by atoms with Crippen LogP contribution in [0.15, 0.2) is 0 Å². The predicted molar refractivity (Wildman–Crippen MR) is 42.4 cm³/mol. The average molecular weight is 168 g/mol. The molecule has 0 aromatic rings. The largest absolute Gasteiger partial charge is 0.228 e. The Labute approximate surface area is 60.9 Å². The Kier molecular flexibility index (Phi) is 2.58. The van der Waals surface area contributed by atoms with Gasteiger partial charge in [-0.1, -0.05) is 0 Å². The molecule has 0 fully saturated rings. The summed E-state index contributed by atoms with van der Waals surface area (Å²) in [7, 11) is -2.89. The number of sulfone groups is 1. The lowest BCUT2D eigenvalue weighted by Crippen LogP contribution is -2.25. The molecular formula is C5H12O2S2. The second kappa shape index (κ2) is 2.50. The Morgan fingerprint density at radius 3 is 1.67 bits per heavy atom. The zero-order valence-electron chi connectivity index (χ0n) is 6.13. The number of hydrogen-bond donors (Lipinski definition) is 0. The summed E-state index contributed by atoms with van der Waals surface area (Å²) in [5.41, 5.74) is 0. The van der Waals surface area contributed by atoms with Gasteiger partial charge in [-0.3, -0.25) is 0 Å². The zero-order valence-corrected chi connectivity index (χ0v) is 7.77. The second-order valence-electron chi connectivity index (χ2n) is 2.38. The molecule has 4 heteroatoms. The molecule has 0 heterocycles. The van der Waals surface area contributed by atoms with Crippen LogP contribution in [0, 0.1) is 0 Å². The molecule has 56 valence electrons. The Morgan fingerprint density at radius 2 is 1.67 bits per heavy atom. The van der Waals surface area contributed by atoms with E-state index < -0.39 is 13.9 Å². The van der Waals surface area contributed by atoms with Crippen LogP contribution in [0.1, 0.15) is 13.8 Å². The van der Waals surface area contributed by atoms with Gasteiger partial charge in [0.25, 0.3) is 0 Å². The van der Waals surface area contributed by atoms with Gasteiger partial charge in [0.2, 0.25) is 0 Å². The van der Waals surface area contributed by atoms with Crippen LogP contribution in [0.25, 0.3) is 0 Å². The molecular weight excluding hydrogens is 156 g/mol. The molecule has 0 aliphatic heterocycles. The smallest absolute Gasteiger partial charge is 0.161 e. The van der Waals surface area contributed by atoms with Gasteiger partial charge in [0, 0.05) is 6.26 Å². The summed E-state index contributed by atoms with van der Waals surface area (Å²) in [5.74, 6) is 0. The molecule has 0 unspecified atom stereocenters. The number of hydrogen-bond acceptors (Lipinski definition) is 3.